The Balaban J connectivity index is 2.07. The molecule has 0 radical (unpaired) electrons. The van der Waals surface area contributed by atoms with Crippen LogP contribution in [0.15, 0.2) is 54.1 Å². The number of ether oxygens (including phenoxy) is 1. The first kappa shape index (κ1) is 24.7. The number of nitrogens with zero attached hydrogens (tertiary/aromatic N) is 2. The summed E-state index contributed by atoms with van der Waals surface area (Å²) in [7, 11) is -4.23. The molecule has 3 rings (SSSR count). The summed E-state index contributed by atoms with van der Waals surface area (Å²) in [5.41, 5.74) is 0.384. The summed E-state index contributed by atoms with van der Waals surface area (Å²) < 4.78 is 47.4. The van der Waals surface area contributed by atoms with E-state index in [0.29, 0.717) is 18.4 Å². The lowest BCUT2D eigenvalue weighted by Gasteiger charge is -2.32. The highest BCUT2D eigenvalue weighted by Crippen LogP contribution is 2.36. The van der Waals surface area contributed by atoms with Gasteiger partial charge >= 0.3 is 5.97 Å². The molecule has 33 heavy (non-hydrogen) atoms. The Morgan fingerprint density at radius 2 is 1.97 bits per heavy atom. The molecule has 0 bridgehead atoms. The molecule has 0 saturated carbocycles. The number of sulfonamides is 1. The third kappa shape index (κ3) is 5.51. The second-order valence-corrected chi connectivity index (χ2v) is 9.82. The number of carbonyl (C=O) groups is 1. The van der Waals surface area contributed by atoms with Crippen LogP contribution in [0.25, 0.3) is 0 Å². The molecule has 0 amide bonds. The molecule has 0 saturated heterocycles. The van der Waals surface area contributed by atoms with Gasteiger partial charge < -0.3 is 4.74 Å². The van der Waals surface area contributed by atoms with E-state index in [9.17, 15) is 27.7 Å². The number of hydrogen-bond donors (Lipinski definition) is 0. The summed E-state index contributed by atoms with van der Waals surface area (Å²) in [6, 6.07) is 8.72. The summed E-state index contributed by atoms with van der Waals surface area (Å²) in [4.78, 5) is 22.9. The van der Waals surface area contributed by atoms with E-state index in [0.717, 1.165) is 16.4 Å². The Bertz CT molecular complexity index is 1180. The number of hydrogen-bond acceptors (Lipinski definition) is 6. The molecule has 0 heterocycles. The maximum absolute atomic E-state index is 13.8. The summed E-state index contributed by atoms with van der Waals surface area (Å²) >= 11 is 6.21. The van der Waals surface area contributed by atoms with Crippen LogP contribution in [-0.2, 0) is 26.1 Å². The third-order valence-electron chi connectivity index (χ3n) is 5.21. The predicted octanol–water partition coefficient (Wildman–Crippen LogP) is 4.77. The number of esters is 1. The zero-order chi connectivity index (χ0) is 24.2. The van der Waals surface area contributed by atoms with E-state index in [1.54, 1.807) is 13.0 Å². The lowest BCUT2D eigenvalue weighted by atomic mass is 9.99. The third-order valence-corrected chi connectivity index (χ3v) is 7.66. The van der Waals surface area contributed by atoms with Crippen molar-refractivity contribution in [3.8, 4) is 0 Å². The molecule has 2 aromatic rings. The fourth-order valence-corrected chi connectivity index (χ4v) is 5.99. The van der Waals surface area contributed by atoms with Crippen LogP contribution in [0.2, 0.25) is 5.02 Å². The van der Waals surface area contributed by atoms with Crippen LogP contribution in [0.1, 0.15) is 31.7 Å². The number of halogens is 2. The molecule has 1 aliphatic rings. The van der Waals surface area contributed by atoms with E-state index in [1.807, 2.05) is 0 Å². The van der Waals surface area contributed by atoms with Crippen molar-refractivity contribution in [1.82, 2.24) is 0 Å². The second kappa shape index (κ2) is 10.3. The minimum absolute atomic E-state index is 0.0326. The molecule has 0 spiro atoms. The zero-order valence-electron chi connectivity index (χ0n) is 17.7. The molecule has 8 nitrogen and oxygen atoms in total. The van der Waals surface area contributed by atoms with Gasteiger partial charge in [-0.1, -0.05) is 29.8 Å². The van der Waals surface area contributed by atoms with Crippen LogP contribution in [0, 0.1) is 15.9 Å². The van der Waals surface area contributed by atoms with Gasteiger partial charge in [0.2, 0.25) is 10.0 Å². The first-order chi connectivity index (χ1) is 15.6. The monoisotopic (exact) mass is 496 g/mol. The molecule has 0 aromatic heterocycles. The summed E-state index contributed by atoms with van der Waals surface area (Å²) in [5, 5.41) is 9.64. The Morgan fingerprint density at radius 3 is 2.58 bits per heavy atom. The number of allylic oxidation sites excluding steroid dienone is 1. The van der Waals surface area contributed by atoms with Gasteiger partial charge in [-0.15, -0.1) is 0 Å². The predicted molar refractivity (Wildman–Crippen MR) is 122 cm³/mol. The van der Waals surface area contributed by atoms with Crippen molar-refractivity contribution in [2.75, 3.05) is 10.9 Å². The van der Waals surface area contributed by atoms with Gasteiger partial charge in [0.15, 0.2) is 0 Å². The van der Waals surface area contributed by atoms with Gasteiger partial charge in [-0.3, -0.25) is 14.4 Å². The quantitative estimate of drug-likeness (QED) is 0.296. The highest BCUT2D eigenvalue weighted by molar-refractivity contribution is 7.93. The number of non-ortho nitro benzene ring substituents is 1. The van der Waals surface area contributed by atoms with E-state index >= 15 is 0 Å². The highest BCUT2D eigenvalue weighted by atomic mass is 35.5. The lowest BCUT2D eigenvalue weighted by molar-refractivity contribution is -0.384. The number of rotatable bonds is 8. The van der Waals surface area contributed by atoms with E-state index in [-0.39, 0.29) is 41.5 Å². The maximum atomic E-state index is 13.8. The first-order valence-electron chi connectivity index (χ1n) is 10.2. The van der Waals surface area contributed by atoms with Crippen molar-refractivity contribution >= 4 is 39.0 Å². The van der Waals surface area contributed by atoms with Gasteiger partial charge in [0.25, 0.3) is 5.69 Å². The van der Waals surface area contributed by atoms with Crippen molar-refractivity contribution in [3.05, 3.63) is 80.6 Å². The number of nitro benzene ring substituents is 1. The van der Waals surface area contributed by atoms with Crippen LogP contribution in [0.3, 0.4) is 0 Å². The Hall–Kier alpha value is -2.98. The van der Waals surface area contributed by atoms with Crippen LogP contribution < -0.4 is 4.31 Å². The molecule has 0 N–H and O–H groups in total. The van der Waals surface area contributed by atoms with Gasteiger partial charge in [0.1, 0.15) is 11.1 Å². The van der Waals surface area contributed by atoms with Crippen LogP contribution in [0.4, 0.5) is 15.8 Å². The minimum atomic E-state index is -4.23. The van der Waals surface area contributed by atoms with E-state index in [4.69, 9.17) is 16.3 Å². The SMILES string of the molecule is CCOC(=O)C1=CCCCC1S(=O)(=O)N(Cc1ccc([N+](=O)[O-])cc1)c1ccc(F)cc1Cl. The Morgan fingerprint density at radius 1 is 1.27 bits per heavy atom. The van der Waals surface area contributed by atoms with Crippen molar-refractivity contribution in [3.63, 3.8) is 0 Å². The molecule has 11 heteroatoms. The molecule has 2 aromatic carbocycles. The normalized spacial score (nSPS) is 16.1. The number of nitro groups is 1. The van der Waals surface area contributed by atoms with Gasteiger partial charge in [0.05, 0.1) is 34.4 Å². The van der Waals surface area contributed by atoms with Crippen LogP contribution in [-0.4, -0.2) is 31.2 Å². The fraction of sp³-hybridized carbons (Fsp3) is 0.318. The average Bonchev–Trinajstić information content (AvgIpc) is 2.78. The number of benzene rings is 2. The standard InChI is InChI=1S/C22H22ClFN2O6S/c1-2-32-22(27)18-5-3-4-6-21(18)33(30,31)25(20-12-9-16(24)13-19(20)23)14-15-7-10-17(11-8-15)26(28)29/h5,7-13,21H,2-4,6,14H2,1H3. The average molecular weight is 497 g/mol. The molecule has 176 valence electrons. The van der Waals surface area contributed by atoms with E-state index < -0.39 is 32.0 Å². The van der Waals surface area contributed by atoms with Gasteiger partial charge in [-0.05, 0) is 49.9 Å². The molecule has 1 unspecified atom stereocenters. The van der Waals surface area contributed by atoms with Crippen LogP contribution in [0.5, 0.6) is 0 Å². The maximum Gasteiger partial charge on any atom is 0.335 e. The highest BCUT2D eigenvalue weighted by Gasteiger charge is 2.40. The van der Waals surface area contributed by atoms with Gasteiger partial charge in [-0.2, -0.15) is 0 Å². The summed E-state index contributed by atoms with van der Waals surface area (Å²) in [6.45, 7) is 1.50. The molecule has 0 fully saturated rings. The second-order valence-electron chi connectivity index (χ2n) is 7.37. The summed E-state index contributed by atoms with van der Waals surface area (Å²) in [5.74, 6) is -1.34. The molecule has 0 aliphatic heterocycles. The first-order valence-corrected chi connectivity index (χ1v) is 12.1. The van der Waals surface area contributed by atoms with Crippen molar-refractivity contribution < 1.29 is 27.3 Å². The van der Waals surface area contributed by atoms with Crippen LogP contribution >= 0.6 is 11.6 Å². The number of carbonyl (C=O) groups excluding carboxylic acids is 1. The topological polar surface area (TPSA) is 107 Å². The lowest BCUT2D eigenvalue weighted by Crippen LogP contribution is -2.42. The largest absolute Gasteiger partial charge is 0.463 e. The summed E-state index contributed by atoms with van der Waals surface area (Å²) in [6.07, 6.45) is 2.86. The minimum Gasteiger partial charge on any atom is -0.463 e. The van der Waals surface area contributed by atoms with E-state index in [2.05, 4.69) is 0 Å². The number of anilines is 1. The Labute approximate surface area is 195 Å². The van der Waals surface area contributed by atoms with Gasteiger partial charge in [-0.25, -0.2) is 17.6 Å². The van der Waals surface area contributed by atoms with E-state index in [1.165, 1.54) is 30.3 Å². The van der Waals surface area contributed by atoms with Crippen molar-refractivity contribution in [2.45, 2.75) is 38.0 Å². The van der Waals surface area contributed by atoms with Crippen molar-refractivity contribution in [1.29, 1.82) is 0 Å². The zero-order valence-corrected chi connectivity index (χ0v) is 19.3. The smallest absolute Gasteiger partial charge is 0.335 e. The molecular weight excluding hydrogens is 475 g/mol. The molecular formula is C22H22ClFN2O6S. The van der Waals surface area contributed by atoms with Crippen molar-refractivity contribution in [2.24, 2.45) is 0 Å². The molecule has 1 atom stereocenters. The van der Waals surface area contributed by atoms with Gasteiger partial charge in [0, 0.05) is 12.1 Å². The fourth-order valence-electron chi connectivity index (χ4n) is 3.62. The Kier molecular flexibility index (Phi) is 7.70. The molecule has 1 aliphatic carbocycles.